The second-order valence-electron chi connectivity index (χ2n) is 4.47. The van der Waals surface area contributed by atoms with E-state index >= 15 is 0 Å². The van der Waals surface area contributed by atoms with Crippen molar-refractivity contribution in [3.8, 4) is 0 Å². The predicted octanol–water partition coefficient (Wildman–Crippen LogP) is 2.91. The number of halogens is 1. The van der Waals surface area contributed by atoms with Gasteiger partial charge in [-0.05, 0) is 48.0 Å². The second-order valence-corrected chi connectivity index (χ2v) is 5.50. The predicted molar refractivity (Wildman–Crippen MR) is 86.0 cm³/mol. The van der Waals surface area contributed by atoms with Crippen molar-refractivity contribution in [2.45, 2.75) is 19.8 Å². The Kier molecular flexibility index (Phi) is 5.44. The van der Waals surface area contributed by atoms with Crippen LogP contribution in [0.15, 0.2) is 18.3 Å². The Morgan fingerprint density at radius 2 is 2.33 bits per heavy atom. The van der Waals surface area contributed by atoms with Crippen LogP contribution in [0.1, 0.15) is 25.3 Å². The van der Waals surface area contributed by atoms with E-state index in [0.717, 1.165) is 36.3 Å². The van der Waals surface area contributed by atoms with Crippen molar-refractivity contribution in [1.82, 2.24) is 10.3 Å². The highest BCUT2D eigenvalue weighted by molar-refractivity contribution is 14.1. The third kappa shape index (κ3) is 3.68. The lowest BCUT2D eigenvalue weighted by atomic mass is 10.2. The molecule has 0 aliphatic carbocycles. The molecule has 3 nitrogen and oxygen atoms in total. The number of hydrogen-bond donors (Lipinski definition) is 1. The molecular weight excluding hydrogens is 337 g/mol. The summed E-state index contributed by atoms with van der Waals surface area (Å²) >= 11 is 2.30. The van der Waals surface area contributed by atoms with Gasteiger partial charge < -0.3 is 10.2 Å². The number of nitrogens with one attached hydrogen (secondary N) is 1. The molecule has 1 aromatic heterocycles. The molecule has 1 fully saturated rings. The molecule has 0 bridgehead atoms. The summed E-state index contributed by atoms with van der Waals surface area (Å²) in [7, 11) is 0. The van der Waals surface area contributed by atoms with Crippen molar-refractivity contribution in [3.63, 3.8) is 0 Å². The third-order valence-corrected chi connectivity index (χ3v) is 3.99. The molecule has 2 rings (SSSR count). The number of aromatic nitrogens is 1. The Morgan fingerprint density at radius 1 is 1.44 bits per heavy atom. The van der Waals surface area contributed by atoms with Crippen LogP contribution in [0.25, 0.3) is 6.08 Å². The van der Waals surface area contributed by atoms with Gasteiger partial charge in [0.15, 0.2) is 0 Å². The summed E-state index contributed by atoms with van der Waals surface area (Å²) in [4.78, 5) is 6.93. The highest BCUT2D eigenvalue weighted by Crippen LogP contribution is 2.20. The van der Waals surface area contributed by atoms with Gasteiger partial charge in [-0.3, -0.25) is 0 Å². The van der Waals surface area contributed by atoms with E-state index in [1.807, 2.05) is 6.20 Å². The second kappa shape index (κ2) is 7.09. The van der Waals surface area contributed by atoms with Gasteiger partial charge in [0, 0.05) is 25.2 Å². The fraction of sp³-hybridized carbons (Fsp3) is 0.500. The normalized spacial score (nSPS) is 17.1. The molecule has 1 N–H and O–H groups in total. The van der Waals surface area contributed by atoms with Crippen LogP contribution in [-0.4, -0.2) is 31.2 Å². The molecule has 18 heavy (non-hydrogen) atoms. The summed E-state index contributed by atoms with van der Waals surface area (Å²) in [6.07, 6.45) is 8.62. The number of nitrogens with zero attached hydrogens (tertiary/aromatic N) is 2. The zero-order valence-electron chi connectivity index (χ0n) is 10.8. The maximum Gasteiger partial charge on any atom is 0.108 e. The lowest BCUT2D eigenvalue weighted by molar-refractivity contribution is 0.724. The van der Waals surface area contributed by atoms with Crippen molar-refractivity contribution in [2.24, 2.45) is 0 Å². The molecule has 1 aliphatic rings. The van der Waals surface area contributed by atoms with Crippen LogP contribution in [0.3, 0.4) is 0 Å². The van der Waals surface area contributed by atoms with Gasteiger partial charge in [-0.15, -0.1) is 0 Å². The first-order valence-corrected chi connectivity index (χ1v) is 7.67. The van der Waals surface area contributed by atoms with Gasteiger partial charge >= 0.3 is 0 Å². The minimum atomic E-state index is 1.06. The zero-order chi connectivity index (χ0) is 12.8. The Bertz CT molecular complexity index is 410. The molecule has 0 aromatic carbocycles. The van der Waals surface area contributed by atoms with Crippen LogP contribution in [0.5, 0.6) is 0 Å². The topological polar surface area (TPSA) is 28.2 Å². The number of pyridine rings is 1. The summed E-state index contributed by atoms with van der Waals surface area (Å²) in [6.45, 7) is 6.52. The van der Waals surface area contributed by atoms with Crippen molar-refractivity contribution in [2.75, 3.05) is 31.1 Å². The minimum absolute atomic E-state index is 1.06. The van der Waals surface area contributed by atoms with E-state index in [2.05, 4.69) is 62.9 Å². The lowest BCUT2D eigenvalue weighted by Gasteiger charge is -2.22. The first-order chi connectivity index (χ1) is 8.81. The van der Waals surface area contributed by atoms with E-state index in [-0.39, 0.29) is 0 Å². The van der Waals surface area contributed by atoms with E-state index in [9.17, 15) is 0 Å². The largest absolute Gasteiger partial charge is 0.369 e. The smallest absolute Gasteiger partial charge is 0.108 e. The summed E-state index contributed by atoms with van der Waals surface area (Å²) in [5.74, 6) is 0. The molecule has 0 spiro atoms. The van der Waals surface area contributed by atoms with E-state index in [1.165, 1.54) is 17.7 Å². The van der Waals surface area contributed by atoms with Crippen LogP contribution in [0.4, 0.5) is 5.69 Å². The van der Waals surface area contributed by atoms with E-state index in [0.29, 0.717) is 0 Å². The van der Waals surface area contributed by atoms with Gasteiger partial charge in [-0.1, -0.05) is 19.1 Å². The van der Waals surface area contributed by atoms with Crippen molar-refractivity contribution in [3.05, 3.63) is 27.6 Å². The fourth-order valence-corrected chi connectivity index (χ4v) is 2.57. The lowest BCUT2D eigenvalue weighted by Crippen LogP contribution is -2.28. The summed E-state index contributed by atoms with van der Waals surface area (Å²) in [5.41, 5.74) is 2.47. The Morgan fingerprint density at radius 3 is 3.17 bits per heavy atom. The molecule has 0 atom stereocenters. The van der Waals surface area contributed by atoms with Crippen molar-refractivity contribution >= 4 is 34.4 Å². The zero-order valence-corrected chi connectivity index (χ0v) is 13.0. The van der Waals surface area contributed by atoms with Crippen LogP contribution in [0, 0.1) is 3.70 Å². The Balaban J connectivity index is 2.19. The molecule has 98 valence electrons. The van der Waals surface area contributed by atoms with Gasteiger partial charge in [0.2, 0.25) is 0 Å². The van der Waals surface area contributed by atoms with E-state index in [1.54, 1.807) is 0 Å². The van der Waals surface area contributed by atoms with Gasteiger partial charge in [0.05, 0.1) is 11.9 Å². The minimum Gasteiger partial charge on any atom is -0.369 e. The van der Waals surface area contributed by atoms with E-state index < -0.39 is 0 Å². The van der Waals surface area contributed by atoms with Gasteiger partial charge in [-0.25, -0.2) is 4.98 Å². The molecule has 1 saturated heterocycles. The first-order valence-electron chi connectivity index (χ1n) is 6.59. The van der Waals surface area contributed by atoms with Gasteiger partial charge in [0.25, 0.3) is 0 Å². The van der Waals surface area contributed by atoms with Crippen LogP contribution >= 0.6 is 22.6 Å². The average molecular weight is 357 g/mol. The average Bonchev–Trinajstić information content (AvgIpc) is 2.67. The van der Waals surface area contributed by atoms with Gasteiger partial charge in [-0.2, -0.15) is 0 Å². The number of anilines is 1. The molecule has 1 aliphatic heterocycles. The molecule has 0 saturated carbocycles. The number of allylic oxidation sites excluding steroid dienone is 1. The summed E-state index contributed by atoms with van der Waals surface area (Å²) in [5, 5.41) is 3.43. The molecular formula is C14H20IN3. The molecule has 0 amide bonds. The molecule has 0 unspecified atom stereocenters. The van der Waals surface area contributed by atoms with Crippen LogP contribution < -0.4 is 10.2 Å². The molecule has 2 heterocycles. The molecule has 4 heteroatoms. The summed E-state index contributed by atoms with van der Waals surface area (Å²) in [6, 6.07) is 2.26. The monoisotopic (exact) mass is 357 g/mol. The first kappa shape index (κ1) is 13.8. The van der Waals surface area contributed by atoms with Gasteiger partial charge in [0.1, 0.15) is 3.70 Å². The SMILES string of the molecule is CC/C=C/c1cc(N2CCCNCC2)cnc1I. The standard InChI is InChI=1S/C14H20IN3/c1-2-3-5-12-10-13(11-17-14(12)15)18-8-4-6-16-7-9-18/h3,5,10-11,16H,2,4,6-9H2,1H3/b5-3+. The molecule has 1 aromatic rings. The van der Waals surface area contributed by atoms with Crippen molar-refractivity contribution < 1.29 is 0 Å². The van der Waals surface area contributed by atoms with Crippen molar-refractivity contribution in [1.29, 1.82) is 0 Å². The van der Waals surface area contributed by atoms with Crippen LogP contribution in [0.2, 0.25) is 0 Å². The quantitative estimate of drug-likeness (QED) is 0.666. The Hall–Kier alpha value is -0.620. The third-order valence-electron chi connectivity index (χ3n) is 3.09. The van der Waals surface area contributed by atoms with E-state index in [4.69, 9.17) is 0 Å². The maximum atomic E-state index is 4.51. The fourth-order valence-electron chi connectivity index (χ4n) is 2.09. The highest BCUT2D eigenvalue weighted by atomic mass is 127. The Labute approximate surface area is 123 Å². The highest BCUT2D eigenvalue weighted by Gasteiger charge is 2.11. The molecule has 0 radical (unpaired) electrons. The maximum absolute atomic E-state index is 4.51. The number of hydrogen-bond acceptors (Lipinski definition) is 3. The van der Waals surface area contributed by atoms with Crippen LogP contribution in [-0.2, 0) is 0 Å². The summed E-state index contributed by atoms with van der Waals surface area (Å²) < 4.78 is 1.08. The number of rotatable bonds is 3.